The molecule has 1 unspecified atom stereocenters. The highest BCUT2D eigenvalue weighted by molar-refractivity contribution is 6.30. The van der Waals surface area contributed by atoms with Crippen molar-refractivity contribution in [1.29, 1.82) is 0 Å². The maximum absolute atomic E-state index is 6.06. The lowest BCUT2D eigenvalue weighted by Gasteiger charge is -2.35. The van der Waals surface area contributed by atoms with E-state index in [1.54, 1.807) is 0 Å². The van der Waals surface area contributed by atoms with Crippen molar-refractivity contribution in [3.05, 3.63) is 34.3 Å². The van der Waals surface area contributed by atoms with Crippen molar-refractivity contribution in [2.45, 2.75) is 25.8 Å². The van der Waals surface area contributed by atoms with Crippen molar-refractivity contribution < 1.29 is 0 Å². The highest BCUT2D eigenvalue weighted by Gasteiger charge is 2.23. The molecule has 0 bridgehead atoms. The molecule has 3 nitrogen and oxygen atoms in total. The lowest BCUT2D eigenvalue weighted by molar-refractivity contribution is 0.151. The molecule has 1 atom stereocenters. The van der Waals surface area contributed by atoms with Crippen LogP contribution in [0.25, 0.3) is 0 Å². The molecule has 0 saturated carbocycles. The molecular weight excluding hydrogens is 282 g/mol. The maximum atomic E-state index is 6.06. The zero-order chi connectivity index (χ0) is 15.4. The Morgan fingerprint density at radius 2 is 2.05 bits per heavy atom. The molecule has 1 aliphatic heterocycles. The summed E-state index contributed by atoms with van der Waals surface area (Å²) in [4.78, 5) is 4.84. The van der Waals surface area contributed by atoms with Crippen molar-refractivity contribution in [2.75, 3.05) is 40.3 Å². The summed E-state index contributed by atoms with van der Waals surface area (Å²) in [5.74, 6) is 0.785. The molecule has 1 aromatic rings. The van der Waals surface area contributed by atoms with Crippen LogP contribution < -0.4 is 5.73 Å². The summed E-state index contributed by atoms with van der Waals surface area (Å²) in [7, 11) is 4.41. The van der Waals surface area contributed by atoms with Crippen molar-refractivity contribution in [3.63, 3.8) is 0 Å². The smallest absolute Gasteiger partial charge is 0.0470 e. The molecule has 118 valence electrons. The van der Waals surface area contributed by atoms with Gasteiger partial charge in [-0.2, -0.15) is 0 Å². The second kappa shape index (κ2) is 7.59. The largest absolute Gasteiger partial charge is 0.329 e. The number of nitrogens with two attached hydrogens (primary N) is 1. The summed E-state index contributed by atoms with van der Waals surface area (Å²) < 4.78 is 0. The number of hydrogen-bond donors (Lipinski definition) is 1. The van der Waals surface area contributed by atoms with Crippen LogP contribution in [0.15, 0.2) is 18.2 Å². The molecule has 1 heterocycles. The summed E-state index contributed by atoms with van der Waals surface area (Å²) >= 11 is 6.06. The first-order valence-corrected chi connectivity index (χ1v) is 8.24. The summed E-state index contributed by atoms with van der Waals surface area (Å²) in [6.07, 6.45) is 2.58. The van der Waals surface area contributed by atoms with E-state index >= 15 is 0 Å². The van der Waals surface area contributed by atoms with Gasteiger partial charge in [-0.3, -0.25) is 4.90 Å². The number of rotatable bonds is 5. The predicted octanol–water partition coefficient (Wildman–Crippen LogP) is 2.92. The number of aryl methyl sites for hydroxylation is 1. The van der Waals surface area contributed by atoms with Crippen molar-refractivity contribution in [2.24, 2.45) is 11.7 Å². The van der Waals surface area contributed by atoms with E-state index in [0.717, 1.165) is 17.5 Å². The van der Waals surface area contributed by atoms with Gasteiger partial charge in [0.1, 0.15) is 0 Å². The normalized spacial score (nSPS) is 19.1. The van der Waals surface area contributed by atoms with Gasteiger partial charge in [0, 0.05) is 24.2 Å². The van der Waals surface area contributed by atoms with E-state index in [0.29, 0.717) is 6.54 Å². The molecule has 0 aliphatic carbocycles. The zero-order valence-corrected chi connectivity index (χ0v) is 14.2. The van der Waals surface area contributed by atoms with Gasteiger partial charge in [-0.05, 0) is 76.1 Å². The van der Waals surface area contributed by atoms with Crippen LogP contribution in [0.1, 0.15) is 30.0 Å². The molecule has 1 aromatic carbocycles. The van der Waals surface area contributed by atoms with Crippen molar-refractivity contribution in [3.8, 4) is 0 Å². The number of piperidine rings is 1. The lowest BCUT2D eigenvalue weighted by Crippen LogP contribution is -2.39. The average molecular weight is 310 g/mol. The molecule has 2 N–H and O–H groups in total. The first-order valence-electron chi connectivity index (χ1n) is 7.86. The van der Waals surface area contributed by atoms with E-state index in [9.17, 15) is 0 Å². The van der Waals surface area contributed by atoms with E-state index in [2.05, 4.69) is 36.9 Å². The topological polar surface area (TPSA) is 32.5 Å². The highest BCUT2D eigenvalue weighted by atomic mass is 35.5. The average Bonchev–Trinajstić information content (AvgIpc) is 2.44. The first-order chi connectivity index (χ1) is 10.0. The van der Waals surface area contributed by atoms with Crippen molar-refractivity contribution >= 4 is 11.6 Å². The second-order valence-corrected chi connectivity index (χ2v) is 6.88. The fourth-order valence-electron chi connectivity index (χ4n) is 3.34. The van der Waals surface area contributed by atoms with Crippen LogP contribution in [0.5, 0.6) is 0 Å². The van der Waals surface area contributed by atoms with Gasteiger partial charge >= 0.3 is 0 Å². The van der Waals surface area contributed by atoms with Gasteiger partial charge in [0.2, 0.25) is 0 Å². The Morgan fingerprint density at radius 3 is 2.62 bits per heavy atom. The van der Waals surface area contributed by atoms with Crippen molar-refractivity contribution in [1.82, 2.24) is 9.80 Å². The van der Waals surface area contributed by atoms with Gasteiger partial charge in [0.25, 0.3) is 0 Å². The first kappa shape index (κ1) is 16.8. The molecule has 0 spiro atoms. The zero-order valence-electron chi connectivity index (χ0n) is 13.5. The molecule has 4 heteroatoms. The number of likely N-dealkylation sites (tertiary alicyclic amines) is 1. The van der Waals surface area contributed by atoms with E-state index < -0.39 is 0 Å². The fourth-order valence-corrected chi connectivity index (χ4v) is 3.56. The summed E-state index contributed by atoms with van der Waals surface area (Å²) in [6, 6.07) is 6.40. The van der Waals surface area contributed by atoms with Crippen LogP contribution >= 0.6 is 11.6 Å². The number of benzene rings is 1. The van der Waals surface area contributed by atoms with Crippen LogP contribution in [0.3, 0.4) is 0 Å². The molecule has 0 amide bonds. The highest BCUT2D eigenvalue weighted by Crippen LogP contribution is 2.27. The Bertz CT molecular complexity index is 455. The van der Waals surface area contributed by atoms with Gasteiger partial charge < -0.3 is 10.6 Å². The SMILES string of the molecule is Cc1cc(Cl)ccc1C(CN)N(C)CC1CCN(C)CC1. The molecule has 0 radical (unpaired) electrons. The Morgan fingerprint density at radius 1 is 1.38 bits per heavy atom. The lowest BCUT2D eigenvalue weighted by atomic mass is 9.94. The van der Waals surface area contributed by atoms with Crippen LogP contribution in [0.4, 0.5) is 0 Å². The molecular formula is C17H28ClN3. The van der Waals surface area contributed by atoms with Crippen LogP contribution in [0, 0.1) is 12.8 Å². The monoisotopic (exact) mass is 309 g/mol. The third kappa shape index (κ3) is 4.43. The van der Waals surface area contributed by atoms with E-state index in [4.69, 9.17) is 17.3 Å². The molecule has 21 heavy (non-hydrogen) atoms. The van der Waals surface area contributed by atoms with Crippen LogP contribution in [-0.2, 0) is 0 Å². The molecule has 1 saturated heterocycles. The van der Waals surface area contributed by atoms with E-state index in [1.165, 1.54) is 37.1 Å². The quantitative estimate of drug-likeness (QED) is 0.907. The Labute approximate surface area is 134 Å². The molecule has 1 aliphatic rings. The van der Waals surface area contributed by atoms with Gasteiger partial charge in [-0.15, -0.1) is 0 Å². The summed E-state index contributed by atoms with van der Waals surface area (Å²) in [6.45, 7) is 6.31. The maximum Gasteiger partial charge on any atom is 0.0470 e. The number of likely N-dealkylation sites (N-methyl/N-ethyl adjacent to an activating group) is 1. The number of hydrogen-bond acceptors (Lipinski definition) is 3. The van der Waals surface area contributed by atoms with E-state index in [1.807, 2.05) is 12.1 Å². The Kier molecular flexibility index (Phi) is 6.06. The van der Waals surface area contributed by atoms with Gasteiger partial charge in [-0.25, -0.2) is 0 Å². The van der Waals surface area contributed by atoms with Crippen LogP contribution in [-0.4, -0.2) is 50.1 Å². The van der Waals surface area contributed by atoms with Gasteiger partial charge in [-0.1, -0.05) is 17.7 Å². The standard InChI is InChI=1S/C17H28ClN3/c1-13-10-15(18)4-5-16(13)17(11-19)21(3)12-14-6-8-20(2)9-7-14/h4-5,10,14,17H,6-9,11-12,19H2,1-3H3. The summed E-state index contributed by atoms with van der Waals surface area (Å²) in [5.41, 5.74) is 8.59. The predicted molar refractivity (Wildman–Crippen MR) is 90.8 cm³/mol. The minimum atomic E-state index is 0.280. The fraction of sp³-hybridized carbons (Fsp3) is 0.647. The molecule has 1 fully saturated rings. The van der Waals surface area contributed by atoms with Gasteiger partial charge in [0.05, 0.1) is 0 Å². The Balaban J connectivity index is 2.02. The number of nitrogens with zero attached hydrogens (tertiary/aromatic N) is 2. The summed E-state index contributed by atoms with van der Waals surface area (Å²) in [5, 5.41) is 0.796. The second-order valence-electron chi connectivity index (χ2n) is 6.44. The Hall–Kier alpha value is -0.610. The van der Waals surface area contributed by atoms with Crippen LogP contribution in [0.2, 0.25) is 5.02 Å². The third-order valence-electron chi connectivity index (χ3n) is 4.73. The molecule has 0 aromatic heterocycles. The van der Waals surface area contributed by atoms with E-state index in [-0.39, 0.29) is 6.04 Å². The minimum Gasteiger partial charge on any atom is -0.329 e. The molecule has 2 rings (SSSR count). The third-order valence-corrected chi connectivity index (χ3v) is 4.97. The van der Waals surface area contributed by atoms with Gasteiger partial charge in [0.15, 0.2) is 0 Å². The number of halogens is 1. The minimum absolute atomic E-state index is 0.280.